The Bertz CT molecular complexity index is 742. The first-order valence-corrected chi connectivity index (χ1v) is 7.50. The maximum Gasteiger partial charge on any atom is 0.254 e. The van der Waals surface area contributed by atoms with E-state index in [0.717, 1.165) is 29.4 Å². The lowest BCUT2D eigenvalue weighted by molar-refractivity contribution is -0.124. The Balaban J connectivity index is 1.91. The Hall–Kier alpha value is -2.43. The largest absolute Gasteiger partial charge is 0.357 e. The van der Waals surface area contributed by atoms with Crippen LogP contribution in [-0.2, 0) is 4.79 Å². The molecule has 0 bridgehead atoms. The molecule has 114 valence electrons. The van der Waals surface area contributed by atoms with Crippen LogP contribution in [0.5, 0.6) is 0 Å². The molecule has 1 aliphatic rings. The number of nitrogens with one attached hydrogen (secondary N) is 1. The second-order valence-corrected chi connectivity index (χ2v) is 5.63. The summed E-state index contributed by atoms with van der Waals surface area (Å²) in [5, 5.41) is 3.57. The van der Waals surface area contributed by atoms with Crippen molar-refractivity contribution in [2.75, 3.05) is 13.6 Å². The van der Waals surface area contributed by atoms with Gasteiger partial charge >= 0.3 is 0 Å². The molecule has 22 heavy (non-hydrogen) atoms. The fraction of sp³-hybridized carbons (Fsp3) is 0.353. The third kappa shape index (κ3) is 2.54. The number of aryl methyl sites for hydroxylation is 1. The summed E-state index contributed by atoms with van der Waals surface area (Å²) < 4.78 is 0. The molecule has 1 aliphatic heterocycles. The standard InChI is InChI=1S/C17H19N3O2/c1-11-5-6-12-10-13(7-8-14(12)19-11)17(22)20-9-3-4-15(20)16(21)18-2/h5-8,10,15H,3-4,9H2,1-2H3,(H,18,21). The van der Waals surface area contributed by atoms with Crippen molar-refractivity contribution in [3.63, 3.8) is 0 Å². The van der Waals surface area contributed by atoms with Crippen molar-refractivity contribution in [2.24, 2.45) is 0 Å². The predicted octanol–water partition coefficient (Wildman–Crippen LogP) is 1.89. The fourth-order valence-electron chi connectivity index (χ4n) is 2.98. The highest BCUT2D eigenvalue weighted by atomic mass is 16.2. The molecule has 5 nitrogen and oxygen atoms in total. The van der Waals surface area contributed by atoms with Gasteiger partial charge in [-0.25, -0.2) is 0 Å². The molecule has 5 heteroatoms. The molecule has 1 aromatic heterocycles. The summed E-state index contributed by atoms with van der Waals surface area (Å²) in [5.41, 5.74) is 2.43. The van der Waals surface area contributed by atoms with Crippen LogP contribution in [0.15, 0.2) is 30.3 Å². The maximum atomic E-state index is 12.7. The predicted molar refractivity (Wildman–Crippen MR) is 84.6 cm³/mol. The number of aromatic nitrogens is 1. The summed E-state index contributed by atoms with van der Waals surface area (Å²) in [5.74, 6) is -0.183. The molecular weight excluding hydrogens is 278 g/mol. The normalized spacial score (nSPS) is 17.7. The molecule has 0 saturated carbocycles. The Morgan fingerprint density at radius 2 is 2.09 bits per heavy atom. The van der Waals surface area contributed by atoms with Gasteiger partial charge in [-0.15, -0.1) is 0 Å². The Kier molecular flexibility index (Phi) is 3.79. The quantitative estimate of drug-likeness (QED) is 0.921. The average Bonchev–Trinajstić information content (AvgIpc) is 3.02. The number of amides is 2. The third-order valence-electron chi connectivity index (χ3n) is 4.14. The van der Waals surface area contributed by atoms with E-state index in [1.807, 2.05) is 31.2 Å². The number of carbonyl (C=O) groups is 2. The number of pyridine rings is 1. The zero-order valence-corrected chi connectivity index (χ0v) is 12.8. The molecule has 1 fully saturated rings. The molecular formula is C17H19N3O2. The third-order valence-corrected chi connectivity index (χ3v) is 4.14. The smallest absolute Gasteiger partial charge is 0.254 e. The monoisotopic (exact) mass is 297 g/mol. The van der Waals surface area contributed by atoms with Gasteiger partial charge in [-0.2, -0.15) is 0 Å². The van der Waals surface area contributed by atoms with Crippen molar-refractivity contribution in [1.82, 2.24) is 15.2 Å². The number of fused-ring (bicyclic) bond motifs is 1. The van der Waals surface area contributed by atoms with E-state index in [1.54, 1.807) is 18.0 Å². The van der Waals surface area contributed by atoms with Crippen LogP contribution < -0.4 is 5.32 Å². The zero-order chi connectivity index (χ0) is 15.7. The van der Waals surface area contributed by atoms with Crippen molar-refractivity contribution in [3.05, 3.63) is 41.6 Å². The summed E-state index contributed by atoms with van der Waals surface area (Å²) >= 11 is 0. The van der Waals surface area contributed by atoms with E-state index in [2.05, 4.69) is 10.3 Å². The molecule has 0 spiro atoms. The van der Waals surface area contributed by atoms with E-state index in [9.17, 15) is 9.59 Å². The summed E-state index contributed by atoms with van der Waals surface area (Å²) in [6.45, 7) is 2.57. The number of nitrogens with zero attached hydrogens (tertiary/aromatic N) is 2. The second-order valence-electron chi connectivity index (χ2n) is 5.63. The summed E-state index contributed by atoms with van der Waals surface area (Å²) in [4.78, 5) is 30.7. The van der Waals surface area contributed by atoms with E-state index < -0.39 is 0 Å². The Morgan fingerprint density at radius 1 is 1.27 bits per heavy atom. The first-order valence-electron chi connectivity index (χ1n) is 7.50. The van der Waals surface area contributed by atoms with Crippen LogP contribution in [0.25, 0.3) is 10.9 Å². The minimum absolute atomic E-state index is 0.0893. The van der Waals surface area contributed by atoms with Gasteiger partial charge in [0.2, 0.25) is 5.91 Å². The molecule has 0 aliphatic carbocycles. The summed E-state index contributed by atoms with van der Waals surface area (Å²) in [6, 6.07) is 9.04. The van der Waals surface area contributed by atoms with E-state index in [1.165, 1.54) is 0 Å². The van der Waals surface area contributed by atoms with E-state index in [4.69, 9.17) is 0 Å². The van der Waals surface area contributed by atoms with Crippen LogP contribution in [0.2, 0.25) is 0 Å². The lowest BCUT2D eigenvalue weighted by Gasteiger charge is -2.23. The summed E-state index contributed by atoms with van der Waals surface area (Å²) in [6.07, 6.45) is 1.58. The topological polar surface area (TPSA) is 62.3 Å². The zero-order valence-electron chi connectivity index (χ0n) is 12.8. The molecule has 0 radical (unpaired) electrons. The number of hydrogen-bond acceptors (Lipinski definition) is 3. The maximum absolute atomic E-state index is 12.7. The molecule has 2 aromatic rings. The van der Waals surface area contributed by atoms with Crippen molar-refractivity contribution < 1.29 is 9.59 Å². The fourth-order valence-corrected chi connectivity index (χ4v) is 2.98. The van der Waals surface area contributed by atoms with Gasteiger partial charge in [-0.05, 0) is 44.0 Å². The van der Waals surface area contributed by atoms with E-state index in [0.29, 0.717) is 12.1 Å². The Morgan fingerprint density at radius 3 is 2.86 bits per heavy atom. The lowest BCUT2D eigenvalue weighted by Crippen LogP contribution is -2.44. The first-order chi connectivity index (χ1) is 10.6. The van der Waals surface area contributed by atoms with Crippen molar-refractivity contribution >= 4 is 22.7 Å². The minimum atomic E-state index is -0.357. The van der Waals surface area contributed by atoms with Gasteiger partial charge in [0.1, 0.15) is 6.04 Å². The van der Waals surface area contributed by atoms with Gasteiger partial charge in [0.05, 0.1) is 5.52 Å². The highest BCUT2D eigenvalue weighted by molar-refractivity contribution is 6.00. The number of carbonyl (C=O) groups excluding carboxylic acids is 2. The average molecular weight is 297 g/mol. The Labute approximate surface area is 129 Å². The van der Waals surface area contributed by atoms with Crippen molar-refractivity contribution in [3.8, 4) is 0 Å². The van der Waals surface area contributed by atoms with Gasteiger partial charge in [0.25, 0.3) is 5.91 Å². The van der Waals surface area contributed by atoms with Gasteiger partial charge in [-0.3, -0.25) is 14.6 Å². The lowest BCUT2D eigenvalue weighted by atomic mass is 10.1. The molecule has 1 N–H and O–H groups in total. The second kappa shape index (κ2) is 5.75. The van der Waals surface area contributed by atoms with Gasteiger partial charge < -0.3 is 10.2 Å². The number of benzene rings is 1. The highest BCUT2D eigenvalue weighted by Crippen LogP contribution is 2.22. The molecule has 1 saturated heterocycles. The molecule has 1 atom stereocenters. The van der Waals surface area contributed by atoms with Crippen LogP contribution in [0, 0.1) is 6.92 Å². The molecule has 2 amide bonds. The number of likely N-dealkylation sites (N-methyl/N-ethyl adjacent to an activating group) is 1. The van der Waals surface area contributed by atoms with E-state index >= 15 is 0 Å². The first kappa shape index (κ1) is 14.5. The van der Waals surface area contributed by atoms with Crippen molar-refractivity contribution in [1.29, 1.82) is 0 Å². The number of rotatable bonds is 2. The summed E-state index contributed by atoms with van der Waals surface area (Å²) in [7, 11) is 1.60. The number of likely N-dealkylation sites (tertiary alicyclic amines) is 1. The van der Waals surface area contributed by atoms with Crippen LogP contribution in [0.4, 0.5) is 0 Å². The SMILES string of the molecule is CNC(=O)C1CCCN1C(=O)c1ccc2nc(C)ccc2c1. The van der Waals surface area contributed by atoms with Crippen LogP contribution in [-0.4, -0.2) is 41.3 Å². The minimum Gasteiger partial charge on any atom is -0.357 e. The van der Waals surface area contributed by atoms with Gasteiger partial charge in [-0.1, -0.05) is 6.07 Å². The van der Waals surface area contributed by atoms with E-state index in [-0.39, 0.29) is 17.9 Å². The van der Waals surface area contributed by atoms with Crippen LogP contribution in [0.1, 0.15) is 28.9 Å². The van der Waals surface area contributed by atoms with Crippen LogP contribution >= 0.6 is 0 Å². The molecule has 2 heterocycles. The van der Waals surface area contributed by atoms with Gasteiger partial charge in [0, 0.05) is 30.2 Å². The molecule has 1 unspecified atom stereocenters. The van der Waals surface area contributed by atoms with Crippen molar-refractivity contribution in [2.45, 2.75) is 25.8 Å². The highest BCUT2D eigenvalue weighted by Gasteiger charge is 2.33. The van der Waals surface area contributed by atoms with Crippen LogP contribution in [0.3, 0.4) is 0 Å². The molecule has 3 rings (SSSR count). The molecule has 1 aromatic carbocycles. The van der Waals surface area contributed by atoms with Gasteiger partial charge in [0.15, 0.2) is 0 Å². The number of hydrogen-bond donors (Lipinski definition) is 1.